The van der Waals surface area contributed by atoms with Gasteiger partial charge < -0.3 is 5.32 Å². The van der Waals surface area contributed by atoms with Gasteiger partial charge in [-0.05, 0) is 51.8 Å². The third kappa shape index (κ3) is 2.84. The third-order valence-corrected chi connectivity index (χ3v) is 7.36. The molecule has 0 radical (unpaired) electrons. The molecule has 2 nitrogen and oxygen atoms in total. The largest absolute Gasteiger partial charge is 0.317 e. The van der Waals surface area contributed by atoms with E-state index < -0.39 is 0 Å². The zero-order chi connectivity index (χ0) is 13.3. The van der Waals surface area contributed by atoms with E-state index in [2.05, 4.69) is 35.3 Å². The lowest BCUT2D eigenvalue weighted by molar-refractivity contribution is 0.0992. The summed E-state index contributed by atoms with van der Waals surface area (Å²) in [5.41, 5.74) is 0. The summed E-state index contributed by atoms with van der Waals surface area (Å²) < 4.78 is 0.589. The van der Waals surface area contributed by atoms with E-state index >= 15 is 0 Å². The van der Waals surface area contributed by atoms with Crippen molar-refractivity contribution < 1.29 is 0 Å². The molecule has 2 aliphatic heterocycles. The summed E-state index contributed by atoms with van der Waals surface area (Å²) in [6.07, 6.45) is 15.3. The Hall–Kier alpha value is 0.270. The van der Waals surface area contributed by atoms with Gasteiger partial charge in [0.2, 0.25) is 0 Å². The van der Waals surface area contributed by atoms with Gasteiger partial charge in [0.15, 0.2) is 0 Å². The molecule has 2 bridgehead atoms. The van der Waals surface area contributed by atoms with Gasteiger partial charge in [-0.15, -0.1) is 0 Å². The summed E-state index contributed by atoms with van der Waals surface area (Å²) in [5.74, 6) is 0. The minimum Gasteiger partial charge on any atom is -0.317 e. The van der Waals surface area contributed by atoms with Gasteiger partial charge in [-0.2, -0.15) is 11.8 Å². The van der Waals surface area contributed by atoms with Crippen LogP contribution in [0.15, 0.2) is 0 Å². The number of hydrogen-bond acceptors (Lipinski definition) is 3. The lowest BCUT2D eigenvalue weighted by Gasteiger charge is -2.46. The molecule has 3 fully saturated rings. The average molecular weight is 282 g/mol. The molecule has 1 saturated carbocycles. The van der Waals surface area contributed by atoms with Gasteiger partial charge in [0.1, 0.15) is 0 Å². The maximum absolute atomic E-state index is 3.52. The van der Waals surface area contributed by atoms with Crippen LogP contribution < -0.4 is 5.32 Å². The number of nitrogens with one attached hydrogen (secondary N) is 1. The molecule has 2 saturated heterocycles. The normalized spacial score (nSPS) is 38.5. The fraction of sp³-hybridized carbons (Fsp3) is 1.00. The Morgan fingerprint density at radius 2 is 1.74 bits per heavy atom. The Kier molecular flexibility index (Phi) is 4.45. The minimum absolute atomic E-state index is 0.589. The van der Waals surface area contributed by atoms with Gasteiger partial charge in [-0.1, -0.05) is 19.3 Å². The van der Waals surface area contributed by atoms with E-state index in [0.717, 1.165) is 18.1 Å². The first-order valence-electron chi connectivity index (χ1n) is 8.24. The van der Waals surface area contributed by atoms with Gasteiger partial charge in [0, 0.05) is 29.4 Å². The van der Waals surface area contributed by atoms with Crippen molar-refractivity contribution >= 4 is 11.8 Å². The zero-order valence-corrected chi connectivity index (χ0v) is 13.5. The highest BCUT2D eigenvalue weighted by Gasteiger charge is 2.44. The van der Waals surface area contributed by atoms with Crippen molar-refractivity contribution in [3.05, 3.63) is 0 Å². The summed E-state index contributed by atoms with van der Waals surface area (Å²) in [4.78, 5) is 2.91. The topological polar surface area (TPSA) is 15.3 Å². The summed E-state index contributed by atoms with van der Waals surface area (Å²) in [6.45, 7) is 1.37. The Morgan fingerprint density at radius 3 is 2.26 bits per heavy atom. The van der Waals surface area contributed by atoms with Crippen molar-refractivity contribution in [3.63, 3.8) is 0 Å². The molecule has 0 aromatic heterocycles. The van der Waals surface area contributed by atoms with Gasteiger partial charge in [-0.3, -0.25) is 4.90 Å². The molecular weight excluding hydrogens is 252 g/mol. The van der Waals surface area contributed by atoms with Crippen LogP contribution in [0.2, 0.25) is 0 Å². The quantitative estimate of drug-likeness (QED) is 0.852. The van der Waals surface area contributed by atoms with Crippen molar-refractivity contribution in [3.8, 4) is 0 Å². The molecule has 2 unspecified atom stereocenters. The Labute approximate surface area is 123 Å². The lowest BCUT2D eigenvalue weighted by atomic mass is 9.86. The van der Waals surface area contributed by atoms with Crippen molar-refractivity contribution in [1.82, 2.24) is 10.2 Å². The molecule has 0 spiro atoms. The maximum atomic E-state index is 3.52. The molecule has 3 rings (SSSR count). The predicted octanol–water partition coefficient (Wildman–Crippen LogP) is 3.27. The first kappa shape index (κ1) is 14.2. The SMILES string of the molecule is CNC1CC2CCC(C1)N2CC1(SC)CCCCC1. The summed E-state index contributed by atoms with van der Waals surface area (Å²) in [6, 6.07) is 2.54. The fourth-order valence-electron chi connectivity index (χ4n) is 4.72. The summed E-state index contributed by atoms with van der Waals surface area (Å²) in [5, 5.41) is 3.52. The van der Waals surface area contributed by atoms with E-state index in [1.54, 1.807) is 0 Å². The van der Waals surface area contributed by atoms with Crippen LogP contribution in [-0.4, -0.2) is 47.6 Å². The fourth-order valence-corrected chi connectivity index (χ4v) is 5.70. The molecular formula is C16H30N2S. The Bertz CT molecular complexity index is 287. The molecule has 0 amide bonds. The monoisotopic (exact) mass is 282 g/mol. The number of thioether (sulfide) groups is 1. The lowest BCUT2D eigenvalue weighted by Crippen LogP contribution is -2.53. The van der Waals surface area contributed by atoms with Crippen LogP contribution >= 0.6 is 11.8 Å². The Morgan fingerprint density at radius 1 is 1.11 bits per heavy atom. The second-order valence-electron chi connectivity index (χ2n) is 6.96. The van der Waals surface area contributed by atoms with Crippen LogP contribution in [-0.2, 0) is 0 Å². The van der Waals surface area contributed by atoms with Crippen LogP contribution in [0.4, 0.5) is 0 Å². The Balaban J connectivity index is 1.66. The highest BCUT2D eigenvalue weighted by atomic mass is 32.2. The number of fused-ring (bicyclic) bond motifs is 2. The molecule has 0 aromatic rings. The highest BCUT2D eigenvalue weighted by molar-refractivity contribution is 8.00. The van der Waals surface area contributed by atoms with Crippen LogP contribution in [0.5, 0.6) is 0 Å². The van der Waals surface area contributed by atoms with E-state index in [4.69, 9.17) is 0 Å². The summed E-state index contributed by atoms with van der Waals surface area (Å²) in [7, 11) is 2.14. The number of piperidine rings is 1. The first-order chi connectivity index (χ1) is 9.26. The molecule has 1 N–H and O–H groups in total. The van der Waals surface area contributed by atoms with Crippen LogP contribution in [0.25, 0.3) is 0 Å². The predicted molar refractivity (Wildman–Crippen MR) is 84.9 cm³/mol. The number of hydrogen-bond donors (Lipinski definition) is 1. The molecule has 3 heteroatoms. The van der Waals surface area contributed by atoms with Crippen LogP contribution in [0.1, 0.15) is 57.8 Å². The number of nitrogens with zero attached hydrogens (tertiary/aromatic N) is 1. The first-order valence-corrected chi connectivity index (χ1v) is 9.47. The van der Waals surface area contributed by atoms with E-state index in [-0.39, 0.29) is 0 Å². The van der Waals surface area contributed by atoms with Crippen molar-refractivity contribution in [2.45, 2.75) is 80.7 Å². The van der Waals surface area contributed by atoms with Crippen LogP contribution in [0, 0.1) is 0 Å². The van der Waals surface area contributed by atoms with E-state index in [1.165, 1.54) is 64.3 Å². The highest BCUT2D eigenvalue weighted by Crippen LogP contribution is 2.43. The van der Waals surface area contributed by atoms with E-state index in [0.29, 0.717) is 4.75 Å². The average Bonchev–Trinajstić information content (AvgIpc) is 2.70. The second-order valence-corrected chi connectivity index (χ2v) is 8.24. The molecule has 2 heterocycles. The molecule has 1 aliphatic carbocycles. The maximum Gasteiger partial charge on any atom is 0.0284 e. The molecule has 110 valence electrons. The van der Waals surface area contributed by atoms with E-state index in [1.807, 2.05) is 0 Å². The smallest absolute Gasteiger partial charge is 0.0284 e. The van der Waals surface area contributed by atoms with Gasteiger partial charge in [-0.25, -0.2) is 0 Å². The standard InChI is InChI=1S/C16H30N2S/c1-17-13-10-14-6-7-15(11-13)18(14)12-16(19-2)8-4-3-5-9-16/h13-15,17H,3-12H2,1-2H3. The summed E-state index contributed by atoms with van der Waals surface area (Å²) >= 11 is 2.17. The van der Waals surface area contributed by atoms with Crippen molar-refractivity contribution in [1.29, 1.82) is 0 Å². The minimum atomic E-state index is 0.589. The molecule has 0 aromatic carbocycles. The van der Waals surface area contributed by atoms with E-state index in [9.17, 15) is 0 Å². The van der Waals surface area contributed by atoms with Crippen molar-refractivity contribution in [2.24, 2.45) is 0 Å². The van der Waals surface area contributed by atoms with Gasteiger partial charge in [0.25, 0.3) is 0 Å². The van der Waals surface area contributed by atoms with Gasteiger partial charge >= 0.3 is 0 Å². The molecule has 19 heavy (non-hydrogen) atoms. The number of rotatable bonds is 4. The van der Waals surface area contributed by atoms with Crippen LogP contribution in [0.3, 0.4) is 0 Å². The molecule has 2 atom stereocenters. The van der Waals surface area contributed by atoms with Crippen molar-refractivity contribution in [2.75, 3.05) is 19.8 Å². The zero-order valence-electron chi connectivity index (χ0n) is 12.7. The van der Waals surface area contributed by atoms with Gasteiger partial charge in [0.05, 0.1) is 0 Å². The third-order valence-electron chi connectivity index (χ3n) is 5.96. The molecule has 3 aliphatic rings. The second kappa shape index (κ2) is 5.95.